The number of rotatable bonds is 13. The van der Waals surface area contributed by atoms with Gasteiger partial charge in [-0.05, 0) is 60.7 Å². The zero-order valence-electron chi connectivity index (χ0n) is 24.3. The molecule has 1 N–H and O–H groups in total. The molecule has 2 amide bonds. The molecule has 0 aliphatic heterocycles. The number of nitrogens with zero attached hydrogens (tertiary/aromatic N) is 3. The molecule has 0 radical (unpaired) electrons. The Bertz CT molecular complexity index is 1430. The van der Waals surface area contributed by atoms with Crippen molar-refractivity contribution in [3.8, 4) is 0 Å². The Labute approximate surface area is 249 Å². The highest BCUT2D eigenvalue weighted by atomic mass is 35.5. The van der Waals surface area contributed by atoms with E-state index in [1.165, 1.54) is 19.0 Å². The van der Waals surface area contributed by atoms with Gasteiger partial charge in [-0.2, -0.15) is 12.7 Å². The molecular weight excluding hydrogens is 560 g/mol. The van der Waals surface area contributed by atoms with Crippen LogP contribution in [0.25, 0.3) is 0 Å². The number of anilines is 1. The van der Waals surface area contributed by atoms with Crippen molar-refractivity contribution in [1.82, 2.24) is 14.5 Å². The van der Waals surface area contributed by atoms with Crippen molar-refractivity contribution in [3.63, 3.8) is 0 Å². The number of carbonyl (C=O) groups excluding carboxylic acids is 2. The van der Waals surface area contributed by atoms with Gasteiger partial charge in [0.2, 0.25) is 11.8 Å². The number of hydrogen-bond donors (Lipinski definition) is 1. The van der Waals surface area contributed by atoms with Gasteiger partial charge in [-0.15, -0.1) is 0 Å². The molecule has 0 fully saturated rings. The summed E-state index contributed by atoms with van der Waals surface area (Å²) in [6.07, 6.45) is 0.996. The molecule has 41 heavy (non-hydrogen) atoms. The first-order chi connectivity index (χ1) is 19.4. The molecule has 0 heterocycles. The van der Waals surface area contributed by atoms with Gasteiger partial charge in [-0.3, -0.25) is 9.59 Å². The molecule has 0 bridgehead atoms. The van der Waals surface area contributed by atoms with Crippen molar-refractivity contribution < 1.29 is 18.0 Å². The van der Waals surface area contributed by atoms with Gasteiger partial charge in [-0.1, -0.05) is 73.1 Å². The minimum atomic E-state index is -4.06. The fraction of sp³-hybridized carbons (Fsp3) is 0.355. The van der Waals surface area contributed by atoms with Gasteiger partial charge in [0, 0.05) is 38.6 Å². The van der Waals surface area contributed by atoms with E-state index in [0.717, 1.165) is 31.7 Å². The van der Waals surface area contributed by atoms with Crippen LogP contribution in [-0.2, 0) is 32.8 Å². The van der Waals surface area contributed by atoms with Gasteiger partial charge >= 0.3 is 10.2 Å². The number of carbonyl (C=O) groups is 2. The number of benzene rings is 3. The Kier molecular flexibility index (Phi) is 11.3. The molecule has 220 valence electrons. The third-order valence-electron chi connectivity index (χ3n) is 6.74. The maximum atomic E-state index is 14.3. The average molecular weight is 599 g/mol. The fourth-order valence-electron chi connectivity index (χ4n) is 4.40. The molecule has 3 aromatic rings. The van der Waals surface area contributed by atoms with Crippen LogP contribution in [0, 0.1) is 13.8 Å². The van der Waals surface area contributed by atoms with Gasteiger partial charge in [0.25, 0.3) is 0 Å². The van der Waals surface area contributed by atoms with E-state index in [0.29, 0.717) is 22.8 Å². The minimum absolute atomic E-state index is 0.0930. The molecule has 3 rings (SSSR count). The van der Waals surface area contributed by atoms with E-state index in [2.05, 4.69) is 5.32 Å². The Morgan fingerprint density at radius 2 is 1.59 bits per heavy atom. The minimum Gasteiger partial charge on any atom is -0.354 e. The van der Waals surface area contributed by atoms with Gasteiger partial charge in [0.15, 0.2) is 0 Å². The molecular formula is C31H39ClN4O4S. The molecule has 0 saturated carbocycles. The normalized spacial score (nSPS) is 12.2. The van der Waals surface area contributed by atoms with Crippen molar-refractivity contribution >= 4 is 39.3 Å². The summed E-state index contributed by atoms with van der Waals surface area (Å²) < 4.78 is 29.3. The van der Waals surface area contributed by atoms with Gasteiger partial charge in [0.1, 0.15) is 12.6 Å². The highest BCUT2D eigenvalue weighted by Crippen LogP contribution is 2.26. The summed E-state index contributed by atoms with van der Waals surface area (Å²) in [7, 11) is -1.20. The van der Waals surface area contributed by atoms with Crippen molar-refractivity contribution in [1.29, 1.82) is 0 Å². The highest BCUT2D eigenvalue weighted by molar-refractivity contribution is 7.90. The Balaban J connectivity index is 2.11. The maximum absolute atomic E-state index is 14.3. The van der Waals surface area contributed by atoms with Crippen LogP contribution >= 0.6 is 11.6 Å². The Hall–Kier alpha value is -3.40. The van der Waals surface area contributed by atoms with Crippen LogP contribution < -0.4 is 9.62 Å². The molecule has 1 atom stereocenters. The first-order valence-electron chi connectivity index (χ1n) is 13.6. The lowest BCUT2D eigenvalue weighted by Gasteiger charge is -2.35. The second-order valence-electron chi connectivity index (χ2n) is 10.2. The van der Waals surface area contributed by atoms with Crippen LogP contribution in [0.15, 0.2) is 72.8 Å². The molecule has 10 heteroatoms. The lowest BCUT2D eigenvalue weighted by atomic mass is 10.0. The van der Waals surface area contributed by atoms with Crippen molar-refractivity contribution in [3.05, 3.63) is 100 Å². The van der Waals surface area contributed by atoms with Gasteiger partial charge in [-0.25, -0.2) is 4.31 Å². The van der Waals surface area contributed by atoms with Crippen LogP contribution in [0.2, 0.25) is 5.02 Å². The number of halogens is 1. The Morgan fingerprint density at radius 1 is 0.927 bits per heavy atom. The van der Waals surface area contributed by atoms with E-state index < -0.39 is 28.7 Å². The van der Waals surface area contributed by atoms with Crippen LogP contribution in [0.5, 0.6) is 0 Å². The molecule has 3 aromatic carbocycles. The van der Waals surface area contributed by atoms with E-state index >= 15 is 0 Å². The second-order valence-corrected chi connectivity index (χ2v) is 12.7. The number of aryl methyl sites for hydroxylation is 2. The lowest BCUT2D eigenvalue weighted by molar-refractivity contribution is -0.140. The van der Waals surface area contributed by atoms with E-state index in [-0.39, 0.29) is 18.9 Å². The summed E-state index contributed by atoms with van der Waals surface area (Å²) in [6.45, 7) is 5.69. The SMILES string of the molecule is CCCNC(=O)C(Cc1ccccc1)N(Cc1ccc(Cl)cc1)C(=O)CN(c1cc(C)ccc1C)S(=O)(=O)N(C)C. The smallest absolute Gasteiger partial charge is 0.304 e. The summed E-state index contributed by atoms with van der Waals surface area (Å²) in [6, 6.07) is 21.1. The zero-order chi connectivity index (χ0) is 30.2. The standard InChI is InChI=1S/C31H39ClN4O4S/c1-6-18-33-31(38)29(20-25-10-8-7-9-11-25)35(21-26-14-16-27(32)17-15-26)30(37)22-36(41(39,40)34(4)5)28-19-23(2)12-13-24(28)3/h7-17,19,29H,6,18,20-22H2,1-5H3,(H,33,38). The van der Waals surface area contributed by atoms with E-state index in [9.17, 15) is 18.0 Å². The quantitative estimate of drug-likeness (QED) is 0.308. The maximum Gasteiger partial charge on any atom is 0.304 e. The number of amides is 2. The van der Waals surface area contributed by atoms with Crippen molar-refractivity contribution in [2.24, 2.45) is 0 Å². The molecule has 0 aliphatic rings. The van der Waals surface area contributed by atoms with Crippen LogP contribution in [-0.4, -0.2) is 62.7 Å². The monoisotopic (exact) mass is 598 g/mol. The predicted molar refractivity (Wildman–Crippen MR) is 165 cm³/mol. The van der Waals surface area contributed by atoms with Crippen molar-refractivity contribution in [2.75, 3.05) is 31.5 Å². The second kappa shape index (κ2) is 14.5. The largest absolute Gasteiger partial charge is 0.354 e. The van der Waals surface area contributed by atoms with Crippen LogP contribution in [0.3, 0.4) is 0 Å². The Morgan fingerprint density at radius 3 is 2.20 bits per heavy atom. The zero-order valence-corrected chi connectivity index (χ0v) is 25.9. The molecule has 0 aromatic heterocycles. The number of hydrogen-bond acceptors (Lipinski definition) is 4. The average Bonchev–Trinajstić information content (AvgIpc) is 2.95. The summed E-state index contributed by atoms with van der Waals surface area (Å²) in [5.74, 6) is -0.800. The van der Waals surface area contributed by atoms with Gasteiger partial charge < -0.3 is 10.2 Å². The molecule has 1 unspecified atom stereocenters. The molecule has 0 spiro atoms. The lowest BCUT2D eigenvalue weighted by Crippen LogP contribution is -2.54. The van der Waals surface area contributed by atoms with Crippen LogP contribution in [0.1, 0.15) is 35.6 Å². The molecule has 8 nitrogen and oxygen atoms in total. The summed E-state index contributed by atoms with van der Waals surface area (Å²) in [5, 5.41) is 3.49. The summed E-state index contributed by atoms with van der Waals surface area (Å²) in [5.41, 5.74) is 3.62. The van der Waals surface area contributed by atoms with E-state index in [4.69, 9.17) is 11.6 Å². The molecule has 0 saturated heterocycles. The third-order valence-corrected chi connectivity index (χ3v) is 8.80. The fourth-order valence-corrected chi connectivity index (χ4v) is 5.64. The number of nitrogens with one attached hydrogen (secondary N) is 1. The third kappa shape index (κ3) is 8.55. The highest BCUT2D eigenvalue weighted by Gasteiger charge is 2.35. The van der Waals surface area contributed by atoms with Crippen LogP contribution in [0.4, 0.5) is 5.69 Å². The first-order valence-corrected chi connectivity index (χ1v) is 15.3. The molecule has 0 aliphatic carbocycles. The van der Waals surface area contributed by atoms with Crippen molar-refractivity contribution in [2.45, 2.75) is 46.2 Å². The van der Waals surface area contributed by atoms with E-state index in [1.54, 1.807) is 37.3 Å². The summed E-state index contributed by atoms with van der Waals surface area (Å²) in [4.78, 5) is 29.3. The van der Waals surface area contributed by atoms with E-state index in [1.807, 2.05) is 56.3 Å². The topological polar surface area (TPSA) is 90.0 Å². The summed E-state index contributed by atoms with van der Waals surface area (Å²) >= 11 is 6.11. The predicted octanol–water partition coefficient (Wildman–Crippen LogP) is 4.74. The first kappa shape index (κ1) is 32.1. The van der Waals surface area contributed by atoms with Gasteiger partial charge in [0.05, 0.1) is 5.69 Å².